The van der Waals surface area contributed by atoms with Gasteiger partial charge in [-0.2, -0.15) is 0 Å². The molecule has 120 valence electrons. The lowest BCUT2D eigenvalue weighted by Gasteiger charge is -2.26. The van der Waals surface area contributed by atoms with Crippen LogP contribution < -0.4 is 15.0 Å². The number of aromatic nitrogens is 2. The molecular formula is C17H13ClN4O2. The fraction of sp³-hybridized carbons (Fsp3) is 0.118. The number of halogens is 1. The van der Waals surface area contributed by atoms with Gasteiger partial charge in [0.15, 0.2) is 6.61 Å². The molecule has 24 heavy (non-hydrogen) atoms. The molecular weight excluding hydrogens is 328 g/mol. The molecule has 2 heterocycles. The summed E-state index contributed by atoms with van der Waals surface area (Å²) in [6, 6.07) is 11.0. The van der Waals surface area contributed by atoms with Gasteiger partial charge in [0.2, 0.25) is 0 Å². The van der Waals surface area contributed by atoms with Crippen molar-refractivity contribution in [1.82, 2.24) is 9.97 Å². The second kappa shape index (κ2) is 5.65. The zero-order valence-corrected chi connectivity index (χ0v) is 13.5. The molecule has 1 aromatic heterocycles. The highest BCUT2D eigenvalue weighted by atomic mass is 35.5. The van der Waals surface area contributed by atoms with Crippen LogP contribution in [0.1, 0.15) is 0 Å². The van der Waals surface area contributed by atoms with Crippen molar-refractivity contribution in [2.45, 2.75) is 0 Å². The minimum atomic E-state index is -0.0817. The predicted octanol–water partition coefficient (Wildman–Crippen LogP) is 3.38. The van der Waals surface area contributed by atoms with Gasteiger partial charge < -0.3 is 15.0 Å². The van der Waals surface area contributed by atoms with Gasteiger partial charge in [0, 0.05) is 23.1 Å². The lowest BCUT2D eigenvalue weighted by atomic mass is 10.2. The van der Waals surface area contributed by atoms with Crippen LogP contribution in [0, 0.1) is 0 Å². The van der Waals surface area contributed by atoms with E-state index in [1.807, 2.05) is 24.3 Å². The van der Waals surface area contributed by atoms with E-state index in [0.717, 1.165) is 22.3 Å². The van der Waals surface area contributed by atoms with Crippen LogP contribution in [0.15, 0.2) is 42.7 Å². The molecule has 4 rings (SSSR count). The molecule has 0 saturated heterocycles. The molecule has 0 saturated carbocycles. The zero-order valence-electron chi connectivity index (χ0n) is 12.8. The Morgan fingerprint density at radius 1 is 1.21 bits per heavy atom. The number of benzene rings is 2. The molecule has 0 atom stereocenters. The van der Waals surface area contributed by atoms with Crippen molar-refractivity contribution in [3.05, 3.63) is 47.7 Å². The third-order valence-electron chi connectivity index (χ3n) is 3.91. The van der Waals surface area contributed by atoms with Crippen molar-refractivity contribution >= 4 is 45.6 Å². The highest BCUT2D eigenvalue weighted by Crippen LogP contribution is 2.35. The molecule has 0 aliphatic carbocycles. The number of hydrogen-bond donors (Lipinski definition) is 1. The number of anilines is 3. The maximum Gasteiger partial charge on any atom is 0.264 e. The molecule has 0 fully saturated rings. The summed E-state index contributed by atoms with van der Waals surface area (Å²) in [5.41, 5.74) is 2.28. The van der Waals surface area contributed by atoms with E-state index in [4.69, 9.17) is 16.3 Å². The molecule has 1 N–H and O–H groups in total. The van der Waals surface area contributed by atoms with Gasteiger partial charge in [0.05, 0.1) is 11.2 Å². The SMILES string of the molecule is CN1C(=O)COc2ccc(Nc3ncnc4cc(Cl)ccc34)cc21. The molecule has 0 unspecified atom stereocenters. The van der Waals surface area contributed by atoms with E-state index in [-0.39, 0.29) is 12.5 Å². The van der Waals surface area contributed by atoms with Crippen molar-refractivity contribution in [1.29, 1.82) is 0 Å². The Balaban J connectivity index is 1.73. The maximum absolute atomic E-state index is 11.8. The van der Waals surface area contributed by atoms with Gasteiger partial charge in [-0.15, -0.1) is 0 Å². The number of ether oxygens (including phenoxy) is 1. The normalized spacial score (nSPS) is 13.6. The molecule has 0 bridgehead atoms. The fourth-order valence-electron chi connectivity index (χ4n) is 2.62. The summed E-state index contributed by atoms with van der Waals surface area (Å²) in [4.78, 5) is 21.9. The number of nitrogens with one attached hydrogen (secondary N) is 1. The second-order valence-corrected chi connectivity index (χ2v) is 5.87. The molecule has 2 aromatic carbocycles. The first-order valence-corrected chi connectivity index (χ1v) is 7.70. The Morgan fingerprint density at radius 2 is 2.08 bits per heavy atom. The van der Waals surface area contributed by atoms with E-state index in [9.17, 15) is 4.79 Å². The number of likely N-dealkylation sites (N-methyl/N-ethyl adjacent to an activating group) is 1. The minimum Gasteiger partial charge on any atom is -0.482 e. The molecule has 0 spiro atoms. The van der Waals surface area contributed by atoms with Crippen LogP contribution in [-0.4, -0.2) is 29.5 Å². The predicted molar refractivity (Wildman–Crippen MR) is 93.2 cm³/mol. The van der Waals surface area contributed by atoms with Gasteiger partial charge in [-0.3, -0.25) is 4.79 Å². The summed E-state index contributed by atoms with van der Waals surface area (Å²) in [7, 11) is 1.73. The minimum absolute atomic E-state index is 0.0631. The quantitative estimate of drug-likeness (QED) is 0.774. The molecule has 1 aliphatic rings. The van der Waals surface area contributed by atoms with E-state index < -0.39 is 0 Å². The van der Waals surface area contributed by atoms with Gasteiger partial charge in [0.25, 0.3) is 5.91 Å². The summed E-state index contributed by atoms with van der Waals surface area (Å²) < 4.78 is 5.44. The van der Waals surface area contributed by atoms with Gasteiger partial charge in [-0.25, -0.2) is 9.97 Å². The van der Waals surface area contributed by atoms with Gasteiger partial charge in [0.1, 0.15) is 17.9 Å². The van der Waals surface area contributed by atoms with E-state index in [1.54, 1.807) is 24.1 Å². The highest BCUT2D eigenvalue weighted by Gasteiger charge is 2.22. The van der Waals surface area contributed by atoms with Crippen LogP contribution in [-0.2, 0) is 4.79 Å². The van der Waals surface area contributed by atoms with Crippen LogP contribution in [0.4, 0.5) is 17.2 Å². The topological polar surface area (TPSA) is 67.3 Å². The van der Waals surface area contributed by atoms with Crippen LogP contribution in [0.5, 0.6) is 5.75 Å². The average Bonchev–Trinajstić information content (AvgIpc) is 2.58. The Morgan fingerprint density at radius 3 is 2.96 bits per heavy atom. The first-order chi connectivity index (χ1) is 11.6. The molecule has 7 heteroatoms. The number of nitrogens with zero attached hydrogens (tertiary/aromatic N) is 3. The largest absolute Gasteiger partial charge is 0.482 e. The van der Waals surface area contributed by atoms with Crippen molar-refractivity contribution in [3.63, 3.8) is 0 Å². The number of amides is 1. The smallest absolute Gasteiger partial charge is 0.264 e. The maximum atomic E-state index is 11.8. The van der Waals surface area contributed by atoms with Crippen molar-refractivity contribution in [2.75, 3.05) is 23.9 Å². The van der Waals surface area contributed by atoms with Crippen molar-refractivity contribution < 1.29 is 9.53 Å². The first kappa shape index (κ1) is 14.7. The lowest BCUT2D eigenvalue weighted by molar-refractivity contribution is -0.120. The van der Waals surface area contributed by atoms with Gasteiger partial charge >= 0.3 is 0 Å². The Bertz CT molecular complexity index is 960. The zero-order chi connectivity index (χ0) is 16.7. The van der Waals surface area contributed by atoms with E-state index >= 15 is 0 Å². The highest BCUT2D eigenvalue weighted by molar-refractivity contribution is 6.31. The van der Waals surface area contributed by atoms with Crippen molar-refractivity contribution in [3.8, 4) is 5.75 Å². The van der Waals surface area contributed by atoms with E-state index in [1.165, 1.54) is 6.33 Å². The Kier molecular flexibility index (Phi) is 3.46. The molecule has 3 aromatic rings. The fourth-order valence-corrected chi connectivity index (χ4v) is 2.78. The number of rotatable bonds is 2. The summed E-state index contributed by atoms with van der Waals surface area (Å²) >= 11 is 6.01. The summed E-state index contributed by atoms with van der Waals surface area (Å²) in [6.07, 6.45) is 1.48. The monoisotopic (exact) mass is 340 g/mol. The number of hydrogen-bond acceptors (Lipinski definition) is 5. The van der Waals surface area contributed by atoms with Crippen molar-refractivity contribution in [2.24, 2.45) is 0 Å². The summed E-state index contributed by atoms with van der Waals surface area (Å²) in [5.74, 6) is 1.27. The van der Waals surface area contributed by atoms with Crippen LogP contribution in [0.2, 0.25) is 5.02 Å². The Hall–Kier alpha value is -2.86. The third-order valence-corrected chi connectivity index (χ3v) is 4.14. The second-order valence-electron chi connectivity index (χ2n) is 5.43. The van der Waals surface area contributed by atoms with Gasteiger partial charge in [-0.1, -0.05) is 11.6 Å². The number of fused-ring (bicyclic) bond motifs is 2. The third kappa shape index (κ3) is 2.51. The van der Waals surface area contributed by atoms with E-state index in [2.05, 4.69) is 15.3 Å². The van der Waals surface area contributed by atoms with Crippen LogP contribution in [0.3, 0.4) is 0 Å². The number of carbonyl (C=O) groups excluding carboxylic acids is 1. The van der Waals surface area contributed by atoms with E-state index in [0.29, 0.717) is 16.6 Å². The molecule has 1 aliphatic heterocycles. The molecule has 6 nitrogen and oxygen atoms in total. The molecule has 0 radical (unpaired) electrons. The first-order valence-electron chi connectivity index (χ1n) is 7.32. The standard InChI is InChI=1S/C17H13ClN4O2/c1-22-14-7-11(3-5-15(14)24-8-16(22)23)21-17-12-4-2-10(18)6-13(12)19-9-20-17/h2-7,9H,8H2,1H3,(H,19,20,21). The summed E-state index contributed by atoms with van der Waals surface area (Å²) in [5, 5.41) is 4.75. The van der Waals surface area contributed by atoms with Crippen LogP contribution >= 0.6 is 11.6 Å². The Labute approximate surface area is 143 Å². The lowest BCUT2D eigenvalue weighted by Crippen LogP contribution is -2.35. The molecule has 1 amide bonds. The summed E-state index contributed by atoms with van der Waals surface area (Å²) in [6.45, 7) is 0.0631. The van der Waals surface area contributed by atoms with Crippen LogP contribution in [0.25, 0.3) is 10.9 Å². The van der Waals surface area contributed by atoms with Gasteiger partial charge in [-0.05, 0) is 36.4 Å². The average molecular weight is 341 g/mol. The number of carbonyl (C=O) groups is 1.